The summed E-state index contributed by atoms with van der Waals surface area (Å²) in [5, 5.41) is 7.04. The number of para-hydroxylation sites is 2. The van der Waals surface area contributed by atoms with Gasteiger partial charge < -0.3 is 5.32 Å². The van der Waals surface area contributed by atoms with Crippen LogP contribution in [0.2, 0.25) is 0 Å². The molecule has 0 fully saturated rings. The van der Waals surface area contributed by atoms with E-state index in [1.165, 1.54) is 11.9 Å². The molecule has 0 unspecified atom stereocenters. The number of hydrogen-bond donors (Lipinski definition) is 1. The van der Waals surface area contributed by atoms with Gasteiger partial charge in [-0.05, 0) is 24.6 Å². The van der Waals surface area contributed by atoms with Gasteiger partial charge >= 0.3 is 0 Å². The third kappa shape index (κ3) is 3.20. The van der Waals surface area contributed by atoms with Crippen LogP contribution in [0.15, 0.2) is 61.2 Å². The largest absolute Gasteiger partial charge is 0.324 e. The molecule has 0 radical (unpaired) electrons. The average Bonchev–Trinajstić information content (AvgIpc) is 3.04. The predicted octanol–water partition coefficient (Wildman–Crippen LogP) is 2.76. The lowest BCUT2D eigenvalue weighted by molar-refractivity contribution is -0.115. The number of anilines is 1. The first-order chi connectivity index (χ1) is 10.7. The standard InChI is InChI=1S/C17H16N4O/c1-13-6-8-14(9-7-13)10-17(22)20-15-4-2-3-5-16(15)21-12-18-11-19-21/h2-9,11-12H,10H2,1H3,(H,20,22). The van der Waals surface area contributed by atoms with Gasteiger partial charge in [-0.25, -0.2) is 9.67 Å². The molecule has 2 aromatic carbocycles. The van der Waals surface area contributed by atoms with Gasteiger partial charge in [0.25, 0.3) is 0 Å². The summed E-state index contributed by atoms with van der Waals surface area (Å²) in [7, 11) is 0. The second-order valence-corrected chi connectivity index (χ2v) is 5.07. The topological polar surface area (TPSA) is 59.8 Å². The average molecular weight is 292 g/mol. The van der Waals surface area contributed by atoms with Crippen LogP contribution in [0.3, 0.4) is 0 Å². The third-order valence-electron chi connectivity index (χ3n) is 3.33. The van der Waals surface area contributed by atoms with Gasteiger partial charge in [0.15, 0.2) is 0 Å². The summed E-state index contributed by atoms with van der Waals surface area (Å²) in [5.74, 6) is -0.0589. The summed E-state index contributed by atoms with van der Waals surface area (Å²) < 4.78 is 1.63. The molecule has 1 N–H and O–H groups in total. The molecule has 0 saturated carbocycles. The Kier molecular flexibility index (Phi) is 3.96. The fourth-order valence-electron chi connectivity index (χ4n) is 2.20. The van der Waals surface area contributed by atoms with Crippen molar-refractivity contribution in [2.45, 2.75) is 13.3 Å². The van der Waals surface area contributed by atoms with Crippen molar-refractivity contribution in [2.24, 2.45) is 0 Å². The molecular formula is C17H16N4O. The maximum Gasteiger partial charge on any atom is 0.228 e. The maximum atomic E-state index is 12.2. The Morgan fingerprint density at radius 3 is 2.64 bits per heavy atom. The fraction of sp³-hybridized carbons (Fsp3) is 0.118. The molecule has 5 nitrogen and oxygen atoms in total. The number of carbonyl (C=O) groups excluding carboxylic acids is 1. The van der Waals surface area contributed by atoms with E-state index in [1.54, 1.807) is 11.0 Å². The first-order valence-corrected chi connectivity index (χ1v) is 7.02. The van der Waals surface area contributed by atoms with Crippen LogP contribution < -0.4 is 5.32 Å². The Labute approximate surface area is 128 Å². The minimum atomic E-state index is -0.0589. The highest BCUT2D eigenvalue weighted by Crippen LogP contribution is 2.19. The van der Waals surface area contributed by atoms with Crippen molar-refractivity contribution in [3.8, 4) is 5.69 Å². The Balaban J connectivity index is 1.76. The number of nitrogens with zero attached hydrogens (tertiary/aromatic N) is 3. The molecule has 0 saturated heterocycles. The zero-order valence-corrected chi connectivity index (χ0v) is 12.2. The third-order valence-corrected chi connectivity index (χ3v) is 3.33. The quantitative estimate of drug-likeness (QED) is 0.804. The zero-order valence-electron chi connectivity index (χ0n) is 12.2. The molecule has 0 aliphatic rings. The van der Waals surface area contributed by atoms with E-state index >= 15 is 0 Å². The molecule has 3 aromatic rings. The van der Waals surface area contributed by atoms with Crippen LogP contribution >= 0.6 is 0 Å². The Morgan fingerprint density at radius 2 is 1.91 bits per heavy atom. The van der Waals surface area contributed by atoms with Crippen LogP contribution in [-0.2, 0) is 11.2 Å². The van der Waals surface area contributed by atoms with Crippen molar-refractivity contribution >= 4 is 11.6 Å². The molecule has 1 amide bonds. The molecule has 0 aliphatic heterocycles. The first-order valence-electron chi connectivity index (χ1n) is 7.02. The predicted molar refractivity (Wildman–Crippen MR) is 84.9 cm³/mol. The van der Waals surface area contributed by atoms with Crippen molar-refractivity contribution in [3.63, 3.8) is 0 Å². The van der Waals surface area contributed by atoms with E-state index in [9.17, 15) is 4.79 Å². The van der Waals surface area contributed by atoms with Gasteiger partial charge in [0.05, 0.1) is 17.8 Å². The molecule has 110 valence electrons. The second kappa shape index (κ2) is 6.22. The molecule has 0 atom stereocenters. The van der Waals surface area contributed by atoms with E-state index in [-0.39, 0.29) is 5.91 Å². The molecule has 0 spiro atoms. The molecule has 0 bridgehead atoms. The lowest BCUT2D eigenvalue weighted by Crippen LogP contribution is -2.16. The Bertz CT molecular complexity index is 764. The molecule has 5 heteroatoms. The molecule has 1 heterocycles. The molecule has 3 rings (SSSR count). The van der Waals surface area contributed by atoms with Gasteiger partial charge in [0.2, 0.25) is 5.91 Å². The van der Waals surface area contributed by atoms with Crippen molar-refractivity contribution in [1.29, 1.82) is 0 Å². The van der Waals surface area contributed by atoms with Crippen molar-refractivity contribution in [2.75, 3.05) is 5.32 Å². The summed E-state index contributed by atoms with van der Waals surface area (Å²) in [6.07, 6.45) is 3.40. The SMILES string of the molecule is Cc1ccc(CC(=O)Nc2ccccc2-n2cncn2)cc1. The van der Waals surface area contributed by atoms with Crippen molar-refractivity contribution in [3.05, 3.63) is 72.3 Å². The van der Waals surface area contributed by atoms with Gasteiger partial charge in [-0.15, -0.1) is 0 Å². The van der Waals surface area contributed by atoms with Gasteiger partial charge in [-0.2, -0.15) is 5.10 Å². The van der Waals surface area contributed by atoms with Crippen molar-refractivity contribution < 1.29 is 4.79 Å². The summed E-state index contributed by atoms with van der Waals surface area (Å²) in [6.45, 7) is 2.03. The first kappa shape index (κ1) is 14.0. The summed E-state index contributed by atoms with van der Waals surface area (Å²) in [6, 6.07) is 15.5. The molecule has 0 aliphatic carbocycles. The lowest BCUT2D eigenvalue weighted by atomic mass is 10.1. The van der Waals surface area contributed by atoms with Gasteiger partial charge in [0.1, 0.15) is 12.7 Å². The highest BCUT2D eigenvalue weighted by atomic mass is 16.1. The number of aromatic nitrogens is 3. The van der Waals surface area contributed by atoms with E-state index in [0.717, 1.165) is 11.3 Å². The molecule has 1 aromatic heterocycles. The van der Waals surface area contributed by atoms with Gasteiger partial charge in [0, 0.05) is 0 Å². The summed E-state index contributed by atoms with van der Waals surface area (Å²) in [4.78, 5) is 16.2. The van der Waals surface area contributed by atoms with Crippen molar-refractivity contribution in [1.82, 2.24) is 14.8 Å². The van der Waals surface area contributed by atoms with Crippen LogP contribution in [0, 0.1) is 6.92 Å². The van der Waals surface area contributed by atoms with Crippen LogP contribution in [0.5, 0.6) is 0 Å². The normalized spacial score (nSPS) is 10.4. The highest BCUT2D eigenvalue weighted by molar-refractivity contribution is 5.94. The van der Waals surface area contributed by atoms with Gasteiger partial charge in [-0.3, -0.25) is 4.79 Å². The second-order valence-electron chi connectivity index (χ2n) is 5.07. The smallest absolute Gasteiger partial charge is 0.228 e. The van der Waals surface area contributed by atoms with Crippen LogP contribution in [0.4, 0.5) is 5.69 Å². The van der Waals surface area contributed by atoms with E-state index in [4.69, 9.17) is 0 Å². The van der Waals surface area contributed by atoms with Crippen LogP contribution in [-0.4, -0.2) is 20.7 Å². The Morgan fingerprint density at radius 1 is 1.14 bits per heavy atom. The number of hydrogen-bond acceptors (Lipinski definition) is 3. The molecule has 22 heavy (non-hydrogen) atoms. The number of carbonyl (C=O) groups is 1. The number of benzene rings is 2. The highest BCUT2D eigenvalue weighted by Gasteiger charge is 2.09. The Hall–Kier alpha value is -2.95. The monoisotopic (exact) mass is 292 g/mol. The van der Waals surface area contributed by atoms with E-state index in [1.807, 2.05) is 55.5 Å². The number of rotatable bonds is 4. The number of aryl methyl sites for hydroxylation is 1. The number of nitrogens with one attached hydrogen (secondary N) is 1. The van der Waals surface area contributed by atoms with E-state index in [2.05, 4.69) is 15.4 Å². The lowest BCUT2D eigenvalue weighted by Gasteiger charge is -2.10. The van der Waals surface area contributed by atoms with E-state index < -0.39 is 0 Å². The fourth-order valence-corrected chi connectivity index (χ4v) is 2.20. The minimum Gasteiger partial charge on any atom is -0.324 e. The number of amides is 1. The maximum absolute atomic E-state index is 12.2. The van der Waals surface area contributed by atoms with E-state index in [0.29, 0.717) is 12.1 Å². The minimum absolute atomic E-state index is 0.0589. The van der Waals surface area contributed by atoms with Gasteiger partial charge in [-0.1, -0.05) is 42.0 Å². The summed E-state index contributed by atoms with van der Waals surface area (Å²) >= 11 is 0. The zero-order chi connectivity index (χ0) is 15.4. The van der Waals surface area contributed by atoms with Crippen LogP contribution in [0.1, 0.15) is 11.1 Å². The summed E-state index contributed by atoms with van der Waals surface area (Å²) in [5.41, 5.74) is 3.67. The molecular weight excluding hydrogens is 276 g/mol. The van der Waals surface area contributed by atoms with Crippen LogP contribution in [0.25, 0.3) is 5.69 Å².